The summed E-state index contributed by atoms with van der Waals surface area (Å²) < 4.78 is 5.02. The van der Waals surface area contributed by atoms with Gasteiger partial charge in [-0.1, -0.05) is 48.5 Å². The number of carbonyl (C=O) groups is 5. The number of anilines is 1. The predicted molar refractivity (Wildman–Crippen MR) is 166 cm³/mol. The first-order valence-corrected chi connectivity index (χ1v) is 14.9. The lowest BCUT2D eigenvalue weighted by Gasteiger charge is -2.35. The maximum absolute atomic E-state index is 13.6. The second kappa shape index (κ2) is 16.0. The number of piperazine rings is 1. The van der Waals surface area contributed by atoms with Gasteiger partial charge in [-0.05, 0) is 31.4 Å². The van der Waals surface area contributed by atoms with E-state index in [0.717, 1.165) is 0 Å². The number of nitrogens with zero attached hydrogens (tertiary/aromatic N) is 4. The van der Waals surface area contributed by atoms with Crippen LogP contribution in [0, 0.1) is 0 Å². The van der Waals surface area contributed by atoms with Crippen LogP contribution in [-0.2, 0) is 20.7 Å². The summed E-state index contributed by atoms with van der Waals surface area (Å²) in [5.41, 5.74) is 1.40. The highest BCUT2D eigenvalue weighted by molar-refractivity contribution is 5.97. The third-order valence-corrected chi connectivity index (χ3v) is 7.31. The highest BCUT2D eigenvalue weighted by Crippen LogP contribution is 2.19. The molecule has 1 saturated heterocycles. The molecule has 242 valence electrons. The summed E-state index contributed by atoms with van der Waals surface area (Å²) in [6, 6.07) is 15.9. The molecule has 4 N–H and O–H groups in total. The van der Waals surface area contributed by atoms with Crippen molar-refractivity contribution in [1.29, 1.82) is 0 Å². The van der Waals surface area contributed by atoms with E-state index in [4.69, 9.17) is 4.74 Å². The quantitative estimate of drug-likeness (QED) is 0.217. The molecule has 4 rings (SSSR count). The molecule has 0 spiro atoms. The van der Waals surface area contributed by atoms with Gasteiger partial charge in [-0.3, -0.25) is 14.4 Å². The van der Waals surface area contributed by atoms with Crippen LogP contribution in [0.3, 0.4) is 0 Å². The van der Waals surface area contributed by atoms with Gasteiger partial charge in [-0.25, -0.2) is 19.6 Å². The largest absolute Gasteiger partial charge is 0.481 e. The van der Waals surface area contributed by atoms with Crippen LogP contribution in [0.2, 0.25) is 0 Å². The molecule has 3 aromatic rings. The summed E-state index contributed by atoms with van der Waals surface area (Å²) in [6.07, 6.45) is -0.616. The van der Waals surface area contributed by atoms with Crippen LogP contribution in [0.15, 0.2) is 60.7 Å². The van der Waals surface area contributed by atoms with E-state index in [9.17, 15) is 34.2 Å². The monoisotopic (exact) mass is 632 g/mol. The summed E-state index contributed by atoms with van der Waals surface area (Å²) >= 11 is 0. The predicted octanol–water partition coefficient (Wildman–Crippen LogP) is 2.76. The maximum Gasteiger partial charge on any atom is 0.409 e. The summed E-state index contributed by atoms with van der Waals surface area (Å²) in [5.74, 6) is -2.78. The average Bonchev–Trinajstić information content (AvgIpc) is 3.06. The molecule has 14 nitrogen and oxygen atoms in total. The Morgan fingerprint density at radius 3 is 2.26 bits per heavy atom. The highest BCUT2D eigenvalue weighted by atomic mass is 16.6. The molecule has 0 unspecified atom stereocenters. The average molecular weight is 633 g/mol. The molecular weight excluding hydrogens is 596 g/mol. The van der Waals surface area contributed by atoms with Crippen LogP contribution < -0.4 is 10.6 Å². The molecule has 1 aliphatic rings. The Bertz CT molecular complexity index is 1560. The molecule has 2 heterocycles. The van der Waals surface area contributed by atoms with Gasteiger partial charge < -0.3 is 35.4 Å². The number of aromatic carboxylic acids is 1. The van der Waals surface area contributed by atoms with E-state index in [1.54, 1.807) is 49.4 Å². The second-order valence-corrected chi connectivity index (χ2v) is 10.4. The lowest BCUT2D eigenvalue weighted by Crippen LogP contribution is -2.56. The molecule has 1 fully saturated rings. The van der Waals surface area contributed by atoms with Crippen molar-refractivity contribution in [3.8, 4) is 11.4 Å². The van der Waals surface area contributed by atoms with Gasteiger partial charge in [0.25, 0.3) is 5.91 Å². The highest BCUT2D eigenvalue weighted by Gasteiger charge is 2.31. The number of aromatic nitrogens is 2. The van der Waals surface area contributed by atoms with Gasteiger partial charge in [0.2, 0.25) is 5.91 Å². The number of carboxylic acids is 2. The van der Waals surface area contributed by atoms with Crippen molar-refractivity contribution in [1.82, 2.24) is 25.1 Å². The van der Waals surface area contributed by atoms with Gasteiger partial charge in [0.1, 0.15) is 17.6 Å². The minimum Gasteiger partial charge on any atom is -0.481 e. The summed E-state index contributed by atoms with van der Waals surface area (Å²) in [5, 5.41) is 24.6. The molecular formula is C32H36N6O8. The zero-order chi connectivity index (χ0) is 33.1. The number of carbonyl (C=O) groups excluding carboxylic acids is 3. The summed E-state index contributed by atoms with van der Waals surface area (Å²) in [4.78, 5) is 74.0. The number of amides is 3. The summed E-state index contributed by atoms with van der Waals surface area (Å²) in [7, 11) is 0. The number of benzene rings is 2. The molecule has 0 aliphatic carbocycles. The number of nitrogens with one attached hydrogen (secondary N) is 2. The first-order valence-electron chi connectivity index (χ1n) is 14.9. The Hall–Kier alpha value is -5.53. The first-order chi connectivity index (χ1) is 22.2. The van der Waals surface area contributed by atoms with Crippen LogP contribution in [0.5, 0.6) is 0 Å². The normalized spacial score (nSPS) is 13.4. The molecule has 3 amide bonds. The van der Waals surface area contributed by atoms with E-state index >= 15 is 0 Å². The number of hydrogen-bond donors (Lipinski definition) is 4. The van der Waals surface area contributed by atoms with Crippen LogP contribution in [0.25, 0.3) is 11.4 Å². The fourth-order valence-corrected chi connectivity index (χ4v) is 4.94. The van der Waals surface area contributed by atoms with E-state index < -0.39 is 35.9 Å². The van der Waals surface area contributed by atoms with E-state index in [2.05, 4.69) is 20.6 Å². The van der Waals surface area contributed by atoms with Gasteiger partial charge in [-0.15, -0.1) is 0 Å². The Balaban J connectivity index is 1.52. The zero-order valence-corrected chi connectivity index (χ0v) is 25.3. The minimum absolute atomic E-state index is 0.0532. The van der Waals surface area contributed by atoms with Crippen LogP contribution in [-0.4, -0.2) is 105 Å². The number of ether oxygens (including phenoxy) is 1. The van der Waals surface area contributed by atoms with Crippen molar-refractivity contribution < 1.29 is 38.9 Å². The Morgan fingerprint density at radius 2 is 1.59 bits per heavy atom. The van der Waals surface area contributed by atoms with Crippen LogP contribution in [0.4, 0.5) is 10.6 Å². The van der Waals surface area contributed by atoms with Crippen molar-refractivity contribution in [3.63, 3.8) is 0 Å². The number of rotatable bonds is 13. The molecule has 0 radical (unpaired) electrons. The van der Waals surface area contributed by atoms with Crippen molar-refractivity contribution in [2.75, 3.05) is 44.6 Å². The van der Waals surface area contributed by atoms with Gasteiger partial charge in [-0.2, -0.15) is 0 Å². The molecule has 2 aromatic carbocycles. The second-order valence-electron chi connectivity index (χ2n) is 10.4. The van der Waals surface area contributed by atoms with E-state index in [-0.39, 0.29) is 62.7 Å². The smallest absolute Gasteiger partial charge is 0.409 e. The fourth-order valence-electron chi connectivity index (χ4n) is 4.94. The van der Waals surface area contributed by atoms with E-state index in [1.807, 2.05) is 6.07 Å². The molecule has 0 bridgehead atoms. The van der Waals surface area contributed by atoms with Gasteiger partial charge in [0.05, 0.1) is 12.2 Å². The standard InChI is InChI=1S/C32H36N6O8/c1-2-46-32(45)38-18-16-37(17-19-38)30(42)24(12-13-27(39)40)35-29(41)25-20-26(36-28(34-25)22-9-4-3-5-10-22)33-15-14-21-8-6-7-11-23(21)31(43)44/h3-11,20,24H,2,12-19H2,1H3,(H,35,41)(H,39,40)(H,43,44)(H,33,34,36)/t24-/m0/s1. The molecule has 1 aliphatic heterocycles. The fraction of sp³-hybridized carbons (Fsp3) is 0.344. The summed E-state index contributed by atoms with van der Waals surface area (Å²) in [6.45, 7) is 3.10. The Labute approximate surface area is 265 Å². The number of aliphatic carboxylic acids is 1. The van der Waals surface area contributed by atoms with Crippen molar-refractivity contribution in [2.24, 2.45) is 0 Å². The van der Waals surface area contributed by atoms with Crippen molar-refractivity contribution in [3.05, 3.63) is 77.5 Å². The molecule has 46 heavy (non-hydrogen) atoms. The van der Waals surface area contributed by atoms with Crippen molar-refractivity contribution in [2.45, 2.75) is 32.2 Å². The van der Waals surface area contributed by atoms with Gasteiger partial charge in [0, 0.05) is 50.8 Å². The minimum atomic E-state index is -1.16. The van der Waals surface area contributed by atoms with E-state index in [0.29, 0.717) is 29.9 Å². The van der Waals surface area contributed by atoms with E-state index in [1.165, 1.54) is 21.9 Å². The van der Waals surface area contributed by atoms with Gasteiger partial charge in [0.15, 0.2) is 5.82 Å². The maximum atomic E-state index is 13.6. The number of hydrogen-bond acceptors (Lipinski definition) is 9. The Kier molecular flexibility index (Phi) is 11.6. The molecule has 14 heteroatoms. The molecule has 1 aromatic heterocycles. The van der Waals surface area contributed by atoms with Crippen LogP contribution >= 0.6 is 0 Å². The zero-order valence-electron chi connectivity index (χ0n) is 25.3. The number of carboxylic acid groups (broad SMARTS) is 2. The van der Waals surface area contributed by atoms with Crippen molar-refractivity contribution >= 4 is 35.7 Å². The topological polar surface area (TPSA) is 191 Å². The lowest BCUT2D eigenvalue weighted by atomic mass is 10.0. The molecule has 1 atom stereocenters. The first kappa shape index (κ1) is 33.4. The lowest BCUT2D eigenvalue weighted by molar-refractivity contribution is -0.138. The SMILES string of the molecule is CCOC(=O)N1CCN(C(=O)[C@H](CCC(=O)O)NC(=O)c2cc(NCCc3ccccc3C(=O)O)nc(-c3ccccc3)n2)CC1. The third kappa shape index (κ3) is 9.00. The van der Waals surface area contributed by atoms with Crippen LogP contribution in [0.1, 0.15) is 46.2 Å². The van der Waals surface area contributed by atoms with Gasteiger partial charge >= 0.3 is 18.0 Å². The Morgan fingerprint density at radius 1 is 0.913 bits per heavy atom. The third-order valence-electron chi connectivity index (χ3n) is 7.31. The molecule has 0 saturated carbocycles.